The van der Waals surface area contributed by atoms with E-state index in [9.17, 15) is 14.4 Å². The highest BCUT2D eigenvalue weighted by Gasteiger charge is 2.16. The Kier molecular flexibility index (Phi) is 6.11. The first-order valence-corrected chi connectivity index (χ1v) is 9.48. The number of nitrogens with one attached hydrogen (secondary N) is 1. The van der Waals surface area contributed by atoms with Gasteiger partial charge in [0.15, 0.2) is 0 Å². The van der Waals surface area contributed by atoms with Crippen molar-refractivity contribution in [3.8, 4) is 5.75 Å². The number of nitrogens with zero attached hydrogens (tertiary/aromatic N) is 3. The number of aromatic amines is 1. The molecule has 8 nitrogen and oxygen atoms in total. The SMILES string of the molecule is CCCn1c(=O)[nH]c(=O)c2cc(C(=O)N(C)CCOc3ccc(C)cc3)cnc21. The van der Waals surface area contributed by atoms with Crippen LogP contribution in [0.25, 0.3) is 11.0 Å². The van der Waals surface area contributed by atoms with Crippen LogP contribution in [0.1, 0.15) is 29.3 Å². The molecule has 29 heavy (non-hydrogen) atoms. The Morgan fingerprint density at radius 3 is 2.66 bits per heavy atom. The average Bonchev–Trinajstić information content (AvgIpc) is 2.71. The van der Waals surface area contributed by atoms with Gasteiger partial charge in [0.25, 0.3) is 11.5 Å². The molecule has 0 aliphatic rings. The summed E-state index contributed by atoms with van der Waals surface area (Å²) in [6, 6.07) is 9.16. The summed E-state index contributed by atoms with van der Waals surface area (Å²) in [7, 11) is 1.66. The quantitative estimate of drug-likeness (QED) is 0.658. The molecule has 0 unspecified atom stereocenters. The number of pyridine rings is 1. The van der Waals surface area contributed by atoms with Gasteiger partial charge in [-0.05, 0) is 31.5 Å². The number of aromatic nitrogens is 3. The molecule has 8 heteroatoms. The lowest BCUT2D eigenvalue weighted by Crippen LogP contribution is -2.33. The minimum Gasteiger partial charge on any atom is -0.492 e. The second kappa shape index (κ2) is 8.72. The van der Waals surface area contributed by atoms with Crippen molar-refractivity contribution < 1.29 is 9.53 Å². The van der Waals surface area contributed by atoms with Crippen LogP contribution in [-0.2, 0) is 6.54 Å². The Labute approximate surface area is 167 Å². The summed E-state index contributed by atoms with van der Waals surface area (Å²) in [4.78, 5) is 44.9. The number of carbonyl (C=O) groups excluding carboxylic acids is 1. The number of ether oxygens (including phenoxy) is 1. The molecule has 0 atom stereocenters. The molecule has 0 aliphatic heterocycles. The largest absolute Gasteiger partial charge is 0.492 e. The van der Waals surface area contributed by atoms with Gasteiger partial charge in [0.05, 0.1) is 17.5 Å². The monoisotopic (exact) mass is 396 g/mol. The van der Waals surface area contributed by atoms with Crippen molar-refractivity contribution in [3.05, 3.63) is 68.5 Å². The normalized spacial score (nSPS) is 10.9. The third-order valence-corrected chi connectivity index (χ3v) is 4.59. The maximum absolute atomic E-state index is 12.7. The van der Waals surface area contributed by atoms with Gasteiger partial charge in [0.1, 0.15) is 18.0 Å². The summed E-state index contributed by atoms with van der Waals surface area (Å²) < 4.78 is 7.07. The Morgan fingerprint density at radius 1 is 1.24 bits per heavy atom. The van der Waals surface area contributed by atoms with Crippen LogP contribution >= 0.6 is 0 Å². The zero-order valence-corrected chi connectivity index (χ0v) is 16.8. The average molecular weight is 396 g/mol. The number of likely N-dealkylation sites (N-methyl/N-ethyl adjacent to an activating group) is 1. The molecule has 3 aromatic rings. The number of carbonyl (C=O) groups is 1. The number of H-pyrrole nitrogens is 1. The van der Waals surface area contributed by atoms with E-state index in [1.807, 2.05) is 38.1 Å². The van der Waals surface area contributed by atoms with Gasteiger partial charge >= 0.3 is 5.69 Å². The number of aryl methyl sites for hydroxylation is 2. The van der Waals surface area contributed by atoms with Gasteiger partial charge in [-0.1, -0.05) is 24.6 Å². The standard InChI is InChI=1S/C21H24N4O4/c1-4-9-25-18-17(19(26)23-21(25)28)12-15(13-22-18)20(27)24(3)10-11-29-16-7-5-14(2)6-8-16/h5-8,12-13H,4,9-11H2,1-3H3,(H,23,26,28). The fourth-order valence-corrected chi connectivity index (χ4v) is 2.97. The van der Waals surface area contributed by atoms with Crippen molar-refractivity contribution in [1.29, 1.82) is 0 Å². The second-order valence-corrected chi connectivity index (χ2v) is 6.89. The van der Waals surface area contributed by atoms with Crippen LogP contribution in [0.3, 0.4) is 0 Å². The van der Waals surface area contributed by atoms with Gasteiger partial charge in [-0.15, -0.1) is 0 Å². The summed E-state index contributed by atoms with van der Waals surface area (Å²) in [5, 5.41) is 0.216. The first-order chi connectivity index (χ1) is 13.9. The zero-order valence-electron chi connectivity index (χ0n) is 16.8. The summed E-state index contributed by atoms with van der Waals surface area (Å²) in [5.41, 5.74) is 0.656. The van der Waals surface area contributed by atoms with E-state index in [0.717, 1.165) is 11.3 Å². The molecule has 3 rings (SSSR count). The van der Waals surface area contributed by atoms with Crippen LogP contribution < -0.4 is 16.0 Å². The van der Waals surface area contributed by atoms with Crippen LogP contribution in [0.2, 0.25) is 0 Å². The van der Waals surface area contributed by atoms with E-state index in [-0.39, 0.29) is 22.5 Å². The van der Waals surface area contributed by atoms with Crippen LogP contribution in [0, 0.1) is 6.92 Å². The molecule has 1 aromatic carbocycles. The maximum atomic E-state index is 12.7. The highest BCUT2D eigenvalue weighted by atomic mass is 16.5. The molecule has 1 amide bonds. The maximum Gasteiger partial charge on any atom is 0.329 e. The van der Waals surface area contributed by atoms with Crippen LogP contribution in [-0.4, -0.2) is 45.5 Å². The molecular weight excluding hydrogens is 372 g/mol. The molecular formula is C21H24N4O4. The summed E-state index contributed by atoms with van der Waals surface area (Å²) in [6.07, 6.45) is 2.11. The van der Waals surface area contributed by atoms with Crippen molar-refractivity contribution in [2.45, 2.75) is 26.8 Å². The highest BCUT2D eigenvalue weighted by Crippen LogP contribution is 2.12. The van der Waals surface area contributed by atoms with E-state index < -0.39 is 11.2 Å². The minimum absolute atomic E-state index is 0.216. The fraction of sp³-hybridized carbons (Fsp3) is 0.333. The van der Waals surface area contributed by atoms with Gasteiger partial charge in [-0.3, -0.25) is 19.1 Å². The topological polar surface area (TPSA) is 97.3 Å². The van der Waals surface area contributed by atoms with Crippen molar-refractivity contribution in [3.63, 3.8) is 0 Å². The molecule has 0 aliphatic carbocycles. The van der Waals surface area contributed by atoms with E-state index in [1.165, 1.54) is 21.7 Å². The van der Waals surface area contributed by atoms with Crippen molar-refractivity contribution in [2.75, 3.05) is 20.2 Å². The van der Waals surface area contributed by atoms with Crippen molar-refractivity contribution >= 4 is 16.9 Å². The van der Waals surface area contributed by atoms with Gasteiger partial charge in [0, 0.05) is 19.8 Å². The second-order valence-electron chi connectivity index (χ2n) is 6.89. The Hall–Kier alpha value is -3.42. The van der Waals surface area contributed by atoms with Gasteiger partial charge < -0.3 is 9.64 Å². The first kappa shape index (κ1) is 20.3. The first-order valence-electron chi connectivity index (χ1n) is 9.48. The van der Waals surface area contributed by atoms with Crippen LogP contribution in [0.15, 0.2) is 46.1 Å². The zero-order chi connectivity index (χ0) is 21.0. The molecule has 2 aromatic heterocycles. The molecule has 152 valence electrons. The Morgan fingerprint density at radius 2 is 1.97 bits per heavy atom. The summed E-state index contributed by atoms with van der Waals surface area (Å²) >= 11 is 0. The number of fused-ring (bicyclic) bond motifs is 1. The predicted molar refractivity (Wildman–Crippen MR) is 111 cm³/mol. The molecule has 0 saturated carbocycles. The molecule has 0 radical (unpaired) electrons. The third-order valence-electron chi connectivity index (χ3n) is 4.59. The van der Waals surface area contributed by atoms with Gasteiger partial charge in [-0.2, -0.15) is 0 Å². The number of amides is 1. The molecule has 2 heterocycles. The predicted octanol–water partition coefficient (Wildman–Crippen LogP) is 1.95. The number of benzene rings is 1. The van der Waals surface area contributed by atoms with Crippen LogP contribution in [0.4, 0.5) is 0 Å². The van der Waals surface area contributed by atoms with E-state index in [4.69, 9.17) is 4.74 Å². The van der Waals surface area contributed by atoms with Gasteiger partial charge in [0.2, 0.25) is 0 Å². The lowest BCUT2D eigenvalue weighted by molar-refractivity contribution is 0.0773. The Bertz CT molecular complexity index is 1130. The lowest BCUT2D eigenvalue weighted by Gasteiger charge is -2.18. The summed E-state index contributed by atoms with van der Waals surface area (Å²) in [5.74, 6) is 0.462. The van der Waals surface area contributed by atoms with Crippen molar-refractivity contribution in [1.82, 2.24) is 19.4 Å². The molecule has 0 spiro atoms. The number of hydrogen-bond donors (Lipinski definition) is 1. The smallest absolute Gasteiger partial charge is 0.329 e. The molecule has 0 saturated heterocycles. The van der Waals surface area contributed by atoms with Gasteiger partial charge in [-0.25, -0.2) is 9.78 Å². The van der Waals surface area contributed by atoms with E-state index in [0.29, 0.717) is 26.1 Å². The van der Waals surface area contributed by atoms with E-state index in [2.05, 4.69) is 9.97 Å². The minimum atomic E-state index is -0.551. The van der Waals surface area contributed by atoms with E-state index >= 15 is 0 Å². The third kappa shape index (κ3) is 4.53. The van der Waals surface area contributed by atoms with E-state index in [1.54, 1.807) is 7.05 Å². The fourth-order valence-electron chi connectivity index (χ4n) is 2.97. The van der Waals surface area contributed by atoms with Crippen LogP contribution in [0.5, 0.6) is 5.75 Å². The number of rotatable bonds is 7. The molecule has 1 N–H and O–H groups in total. The Balaban J connectivity index is 1.75. The number of hydrogen-bond acceptors (Lipinski definition) is 5. The summed E-state index contributed by atoms with van der Waals surface area (Å²) in [6.45, 7) is 5.07. The molecule has 0 bridgehead atoms. The molecule has 0 fully saturated rings. The lowest BCUT2D eigenvalue weighted by atomic mass is 10.2. The highest BCUT2D eigenvalue weighted by molar-refractivity contribution is 5.96. The van der Waals surface area contributed by atoms with Crippen molar-refractivity contribution in [2.24, 2.45) is 0 Å².